The van der Waals surface area contributed by atoms with Gasteiger partial charge in [-0.1, -0.05) is 301 Å². The van der Waals surface area contributed by atoms with E-state index >= 15 is 0 Å². The summed E-state index contributed by atoms with van der Waals surface area (Å²) in [4.78, 5) is 38.0. The van der Waals surface area contributed by atoms with Crippen LogP contribution in [0, 0.1) is 0 Å². The fourth-order valence-electron chi connectivity index (χ4n) is 9.39. The molecule has 6 heteroatoms. The fourth-order valence-corrected chi connectivity index (χ4v) is 9.39. The van der Waals surface area contributed by atoms with E-state index in [4.69, 9.17) is 14.2 Å². The average molecular weight is 998 g/mol. The first-order valence-corrected chi connectivity index (χ1v) is 31.5. The Balaban J connectivity index is 4.06. The number of carbonyl (C=O) groups excluding carboxylic acids is 3. The third kappa shape index (κ3) is 58.4. The standard InChI is InChI=1S/C65H120O6/c1-4-7-10-13-16-18-20-22-24-26-28-30-31-32-33-34-36-37-39-41-43-45-47-49-52-55-58-64(67)70-61-62(60-69-63(66)57-54-51-15-12-9-6-3)71-65(68)59-56-53-50-48-46-44-42-40-38-35-29-27-25-23-21-19-17-14-11-8-5-2/h21,23,27,29,38,40,62H,4-20,22,24-26,28,30-37,39,41-61H2,1-3H3/b23-21-,29-27-,40-38-. The van der Waals surface area contributed by atoms with E-state index in [1.54, 1.807) is 0 Å². The number of ether oxygens (including phenoxy) is 3. The zero-order valence-electron chi connectivity index (χ0n) is 47.8. The molecule has 0 N–H and O–H groups in total. The number of hydrogen-bond acceptors (Lipinski definition) is 6. The molecule has 0 heterocycles. The Bertz CT molecular complexity index is 1190. The molecule has 1 atom stereocenters. The summed E-state index contributed by atoms with van der Waals surface area (Å²) in [5.74, 6) is -0.877. The van der Waals surface area contributed by atoms with Gasteiger partial charge in [-0.3, -0.25) is 14.4 Å². The van der Waals surface area contributed by atoms with Gasteiger partial charge in [0.2, 0.25) is 0 Å². The maximum atomic E-state index is 12.8. The molecule has 1 unspecified atom stereocenters. The van der Waals surface area contributed by atoms with Crippen molar-refractivity contribution < 1.29 is 28.6 Å². The molecule has 0 bridgehead atoms. The van der Waals surface area contributed by atoms with Crippen LogP contribution in [-0.4, -0.2) is 37.2 Å². The van der Waals surface area contributed by atoms with Crippen LogP contribution in [0.15, 0.2) is 36.5 Å². The molecule has 0 aliphatic rings. The number of rotatable bonds is 58. The molecule has 0 saturated heterocycles. The van der Waals surface area contributed by atoms with Crippen molar-refractivity contribution in [2.24, 2.45) is 0 Å². The number of esters is 3. The van der Waals surface area contributed by atoms with Crippen LogP contribution in [0.4, 0.5) is 0 Å². The number of hydrogen-bond donors (Lipinski definition) is 0. The molecule has 6 nitrogen and oxygen atoms in total. The van der Waals surface area contributed by atoms with E-state index in [2.05, 4.69) is 57.2 Å². The summed E-state index contributed by atoms with van der Waals surface area (Å²) in [6, 6.07) is 0. The first-order valence-electron chi connectivity index (χ1n) is 31.5. The minimum atomic E-state index is -0.774. The van der Waals surface area contributed by atoms with Crippen LogP contribution in [0.1, 0.15) is 342 Å². The van der Waals surface area contributed by atoms with Crippen molar-refractivity contribution in [3.8, 4) is 0 Å². The van der Waals surface area contributed by atoms with Crippen molar-refractivity contribution in [1.82, 2.24) is 0 Å². The predicted octanol–water partition coefficient (Wildman–Crippen LogP) is 21.2. The Morgan fingerprint density at radius 2 is 0.507 bits per heavy atom. The van der Waals surface area contributed by atoms with E-state index in [9.17, 15) is 14.4 Å². The van der Waals surface area contributed by atoms with E-state index < -0.39 is 6.10 Å². The summed E-state index contributed by atoms with van der Waals surface area (Å²) in [7, 11) is 0. The highest BCUT2D eigenvalue weighted by Crippen LogP contribution is 2.18. The predicted molar refractivity (Wildman–Crippen MR) is 307 cm³/mol. The Morgan fingerprint density at radius 1 is 0.282 bits per heavy atom. The van der Waals surface area contributed by atoms with Crippen LogP contribution < -0.4 is 0 Å². The normalized spacial score (nSPS) is 12.2. The van der Waals surface area contributed by atoms with E-state index in [-0.39, 0.29) is 31.1 Å². The van der Waals surface area contributed by atoms with Gasteiger partial charge in [0.05, 0.1) is 0 Å². The van der Waals surface area contributed by atoms with Crippen LogP contribution in [0.5, 0.6) is 0 Å². The Morgan fingerprint density at radius 3 is 0.789 bits per heavy atom. The minimum absolute atomic E-state index is 0.0737. The van der Waals surface area contributed by atoms with Crippen LogP contribution in [0.2, 0.25) is 0 Å². The van der Waals surface area contributed by atoms with Gasteiger partial charge in [0, 0.05) is 19.3 Å². The summed E-state index contributed by atoms with van der Waals surface area (Å²) >= 11 is 0. The monoisotopic (exact) mass is 997 g/mol. The Hall–Kier alpha value is -2.37. The van der Waals surface area contributed by atoms with Crippen LogP contribution in [0.3, 0.4) is 0 Å². The molecule has 0 aliphatic carbocycles. The van der Waals surface area contributed by atoms with Crippen LogP contribution >= 0.6 is 0 Å². The highest BCUT2D eigenvalue weighted by atomic mass is 16.6. The molecule has 416 valence electrons. The van der Waals surface area contributed by atoms with Crippen molar-refractivity contribution in [1.29, 1.82) is 0 Å². The Kier molecular flexibility index (Phi) is 58.2. The van der Waals surface area contributed by atoms with Gasteiger partial charge in [-0.15, -0.1) is 0 Å². The van der Waals surface area contributed by atoms with Crippen molar-refractivity contribution in [3.05, 3.63) is 36.5 Å². The van der Waals surface area contributed by atoms with E-state index in [0.29, 0.717) is 19.3 Å². The van der Waals surface area contributed by atoms with E-state index in [1.165, 1.54) is 225 Å². The largest absolute Gasteiger partial charge is 0.462 e. The lowest BCUT2D eigenvalue weighted by molar-refractivity contribution is -0.167. The number of carbonyl (C=O) groups is 3. The zero-order chi connectivity index (χ0) is 51.4. The van der Waals surface area contributed by atoms with Crippen molar-refractivity contribution >= 4 is 17.9 Å². The molecular formula is C65H120O6. The molecule has 0 saturated carbocycles. The van der Waals surface area contributed by atoms with E-state index in [0.717, 1.165) is 77.0 Å². The van der Waals surface area contributed by atoms with Crippen LogP contribution in [-0.2, 0) is 28.6 Å². The molecule has 0 aromatic rings. The smallest absolute Gasteiger partial charge is 0.306 e. The quantitative estimate of drug-likeness (QED) is 0.0261. The molecule has 0 aromatic heterocycles. The third-order valence-electron chi connectivity index (χ3n) is 14.1. The van der Waals surface area contributed by atoms with Gasteiger partial charge in [0.15, 0.2) is 6.10 Å². The third-order valence-corrected chi connectivity index (χ3v) is 14.1. The summed E-state index contributed by atoms with van der Waals surface area (Å²) in [6.07, 6.45) is 73.3. The van der Waals surface area contributed by atoms with Crippen molar-refractivity contribution in [2.75, 3.05) is 13.2 Å². The Labute approximate surface area is 442 Å². The first kappa shape index (κ1) is 68.6. The summed E-state index contributed by atoms with van der Waals surface area (Å²) in [5, 5.41) is 0. The summed E-state index contributed by atoms with van der Waals surface area (Å²) < 4.78 is 16.8. The van der Waals surface area contributed by atoms with Crippen molar-refractivity contribution in [3.63, 3.8) is 0 Å². The lowest BCUT2D eigenvalue weighted by Gasteiger charge is -2.18. The molecule has 0 fully saturated rings. The summed E-state index contributed by atoms with van der Waals surface area (Å²) in [5.41, 5.74) is 0. The highest BCUT2D eigenvalue weighted by molar-refractivity contribution is 5.71. The topological polar surface area (TPSA) is 78.9 Å². The molecule has 0 amide bonds. The van der Waals surface area contributed by atoms with E-state index in [1.807, 2.05) is 0 Å². The van der Waals surface area contributed by atoms with Crippen LogP contribution in [0.25, 0.3) is 0 Å². The lowest BCUT2D eigenvalue weighted by Crippen LogP contribution is -2.30. The molecule has 0 rings (SSSR count). The maximum absolute atomic E-state index is 12.8. The first-order chi connectivity index (χ1) is 35.0. The van der Waals surface area contributed by atoms with Gasteiger partial charge in [0.25, 0.3) is 0 Å². The SMILES string of the molecule is CCCCCCC/C=C\C/C=C\C/C=C\CCCCCCCCC(=O)OC(COC(=O)CCCCCCCC)COC(=O)CCCCCCCCCCCCCCCCCCCCCCCCCCCC. The number of unbranched alkanes of at least 4 members (excludes halogenated alkanes) is 41. The number of allylic oxidation sites excluding steroid dienone is 6. The average Bonchev–Trinajstić information content (AvgIpc) is 3.37. The summed E-state index contributed by atoms with van der Waals surface area (Å²) in [6.45, 7) is 6.61. The molecule has 0 aromatic carbocycles. The van der Waals surface area contributed by atoms with Gasteiger partial charge in [0.1, 0.15) is 13.2 Å². The molecule has 0 spiro atoms. The van der Waals surface area contributed by atoms with Gasteiger partial charge in [-0.05, 0) is 57.8 Å². The molecule has 0 aliphatic heterocycles. The zero-order valence-corrected chi connectivity index (χ0v) is 47.8. The second-order valence-electron chi connectivity index (χ2n) is 21.3. The second kappa shape index (κ2) is 60.2. The molecule has 0 radical (unpaired) electrons. The minimum Gasteiger partial charge on any atom is -0.462 e. The maximum Gasteiger partial charge on any atom is 0.306 e. The highest BCUT2D eigenvalue weighted by Gasteiger charge is 2.19. The fraction of sp³-hybridized carbons (Fsp3) is 0.862. The van der Waals surface area contributed by atoms with Gasteiger partial charge in [-0.25, -0.2) is 0 Å². The van der Waals surface area contributed by atoms with Crippen molar-refractivity contribution in [2.45, 2.75) is 348 Å². The van der Waals surface area contributed by atoms with Gasteiger partial charge >= 0.3 is 17.9 Å². The van der Waals surface area contributed by atoms with Gasteiger partial charge in [-0.2, -0.15) is 0 Å². The second-order valence-corrected chi connectivity index (χ2v) is 21.3. The van der Waals surface area contributed by atoms with Gasteiger partial charge < -0.3 is 14.2 Å². The molecule has 71 heavy (non-hydrogen) atoms. The lowest BCUT2D eigenvalue weighted by atomic mass is 10.0. The molecular weight excluding hydrogens is 877 g/mol.